The van der Waals surface area contributed by atoms with Gasteiger partial charge in [0.25, 0.3) is 5.91 Å². The monoisotopic (exact) mass is 566 g/mol. The van der Waals surface area contributed by atoms with Gasteiger partial charge in [0.2, 0.25) is 11.8 Å². The molecule has 0 bridgehead atoms. The smallest absolute Gasteiger partial charge is 0.332 e. The molecule has 3 aliphatic heterocycles. The highest BCUT2D eigenvalue weighted by Crippen LogP contribution is 2.36. The van der Waals surface area contributed by atoms with Gasteiger partial charge in [0.05, 0.1) is 13.1 Å². The molecule has 0 radical (unpaired) electrons. The Hall–Kier alpha value is -4.70. The van der Waals surface area contributed by atoms with Crippen LogP contribution in [0.3, 0.4) is 0 Å². The number of fused-ring (bicyclic) bond motifs is 1. The molecule has 3 saturated heterocycles. The van der Waals surface area contributed by atoms with E-state index < -0.39 is 12.2 Å². The molecule has 1 N–H and O–H groups in total. The fourth-order valence-corrected chi connectivity index (χ4v) is 6.07. The van der Waals surface area contributed by atoms with Crippen LogP contribution in [0.25, 0.3) is 0 Å². The predicted molar refractivity (Wildman–Crippen MR) is 156 cm³/mol. The average molecular weight is 567 g/mol. The molecular formula is C32H34N6O4. The number of carbonyl (C=O) groups excluding carboxylic acids is 4. The first kappa shape index (κ1) is 27.5. The van der Waals surface area contributed by atoms with Crippen molar-refractivity contribution in [1.29, 1.82) is 0 Å². The van der Waals surface area contributed by atoms with E-state index in [1.807, 2.05) is 84.9 Å². The minimum atomic E-state index is -0.813. The summed E-state index contributed by atoms with van der Waals surface area (Å²) in [7, 11) is 1.64. The summed E-state index contributed by atoms with van der Waals surface area (Å²) in [6, 6.07) is 25.5. The van der Waals surface area contributed by atoms with Gasteiger partial charge >= 0.3 is 6.03 Å². The second-order valence-electron chi connectivity index (χ2n) is 10.9. The summed E-state index contributed by atoms with van der Waals surface area (Å²) in [5.41, 5.74) is 3.41. The summed E-state index contributed by atoms with van der Waals surface area (Å²) in [6.07, 6.45) is 0.845. The number of benzene rings is 3. The minimum Gasteiger partial charge on any atom is -0.333 e. The zero-order valence-corrected chi connectivity index (χ0v) is 23.6. The highest BCUT2D eigenvalue weighted by molar-refractivity contribution is 5.95. The van der Waals surface area contributed by atoms with E-state index in [1.54, 1.807) is 26.8 Å². The molecule has 6 rings (SSSR count). The normalized spacial score (nSPS) is 20.7. The number of amides is 5. The van der Waals surface area contributed by atoms with Crippen LogP contribution in [0, 0.1) is 0 Å². The van der Waals surface area contributed by atoms with Crippen LogP contribution < -0.4 is 10.2 Å². The second kappa shape index (κ2) is 11.7. The number of anilines is 1. The van der Waals surface area contributed by atoms with Crippen molar-refractivity contribution in [2.75, 3.05) is 31.6 Å². The first-order valence-electron chi connectivity index (χ1n) is 14.3. The van der Waals surface area contributed by atoms with Crippen LogP contribution in [-0.2, 0) is 27.5 Å². The maximum Gasteiger partial charge on any atom is 0.332 e. The highest BCUT2D eigenvalue weighted by Gasteiger charge is 2.52. The summed E-state index contributed by atoms with van der Waals surface area (Å²) >= 11 is 0. The van der Waals surface area contributed by atoms with Gasteiger partial charge < -0.3 is 20.0 Å². The van der Waals surface area contributed by atoms with Crippen molar-refractivity contribution in [1.82, 2.24) is 25.1 Å². The van der Waals surface area contributed by atoms with Gasteiger partial charge in [-0.15, -0.1) is 0 Å². The Labute approximate surface area is 245 Å². The molecule has 0 aromatic heterocycles. The summed E-state index contributed by atoms with van der Waals surface area (Å²) in [6.45, 7) is 1.57. The third kappa shape index (κ3) is 5.33. The van der Waals surface area contributed by atoms with Crippen LogP contribution in [0.1, 0.15) is 35.6 Å². The number of hydrogen-bond donors (Lipinski definition) is 1. The average Bonchev–Trinajstić information content (AvgIpc) is 3.59. The Kier molecular flexibility index (Phi) is 7.62. The van der Waals surface area contributed by atoms with Crippen molar-refractivity contribution in [3.63, 3.8) is 0 Å². The lowest BCUT2D eigenvalue weighted by molar-refractivity contribution is -0.157. The standard InChI is InChI=1S/C32H34N6O4/c1-34(32(42)33-19-23-10-4-2-5-11-23)37-22-29(40)38-27(37)21-35(31(41)30(38)25-13-6-3-7-14-25)20-24-12-8-15-26(18-24)36-17-9-16-28(36)39/h2-8,10-15,18,27,30H,9,16-17,19-22H2,1H3,(H,33,42)/t27-,30+/m1/s1. The Morgan fingerprint density at radius 1 is 0.905 bits per heavy atom. The quantitative estimate of drug-likeness (QED) is 0.474. The first-order chi connectivity index (χ1) is 20.4. The lowest BCUT2D eigenvalue weighted by Crippen LogP contribution is -2.62. The predicted octanol–water partition coefficient (Wildman–Crippen LogP) is 3.12. The SMILES string of the molecule is CN(C(=O)NCc1ccccc1)N1CC(=O)N2[C@@H](c3ccccc3)C(=O)N(Cc3cccc(N4CCCC4=O)c3)C[C@@H]21. The molecule has 42 heavy (non-hydrogen) atoms. The van der Waals surface area contributed by atoms with E-state index in [9.17, 15) is 19.2 Å². The van der Waals surface area contributed by atoms with Crippen molar-refractivity contribution in [2.45, 2.75) is 38.1 Å². The van der Waals surface area contributed by atoms with Crippen molar-refractivity contribution in [2.24, 2.45) is 0 Å². The molecule has 0 aliphatic carbocycles. The number of hydrazine groups is 1. The first-order valence-corrected chi connectivity index (χ1v) is 14.3. The molecule has 0 saturated carbocycles. The molecule has 5 amide bonds. The van der Waals surface area contributed by atoms with Crippen LogP contribution in [0.2, 0.25) is 0 Å². The van der Waals surface area contributed by atoms with E-state index in [2.05, 4.69) is 5.32 Å². The maximum absolute atomic E-state index is 14.0. The molecule has 10 heteroatoms. The lowest BCUT2D eigenvalue weighted by atomic mass is 10.00. The highest BCUT2D eigenvalue weighted by atomic mass is 16.2. The Morgan fingerprint density at radius 3 is 2.33 bits per heavy atom. The molecule has 3 heterocycles. The third-order valence-electron chi connectivity index (χ3n) is 8.21. The van der Waals surface area contributed by atoms with Crippen LogP contribution in [0.15, 0.2) is 84.9 Å². The van der Waals surface area contributed by atoms with Gasteiger partial charge in [-0.3, -0.25) is 19.4 Å². The summed E-state index contributed by atoms with van der Waals surface area (Å²) < 4.78 is 0. The molecule has 2 atom stereocenters. The van der Waals surface area contributed by atoms with Crippen LogP contribution in [0.4, 0.5) is 10.5 Å². The number of nitrogens with zero attached hydrogens (tertiary/aromatic N) is 5. The van der Waals surface area contributed by atoms with Crippen molar-refractivity contribution in [3.05, 3.63) is 102 Å². The number of carbonyl (C=O) groups is 4. The van der Waals surface area contributed by atoms with Gasteiger partial charge in [-0.05, 0) is 35.2 Å². The lowest BCUT2D eigenvalue weighted by Gasteiger charge is -2.45. The Bertz CT molecular complexity index is 1480. The van der Waals surface area contributed by atoms with Crippen molar-refractivity contribution >= 4 is 29.4 Å². The zero-order valence-electron chi connectivity index (χ0n) is 23.6. The third-order valence-corrected chi connectivity index (χ3v) is 8.21. The van der Waals surface area contributed by atoms with E-state index >= 15 is 0 Å². The number of urea groups is 1. The fraction of sp³-hybridized carbons (Fsp3) is 0.312. The van der Waals surface area contributed by atoms with Gasteiger partial charge in [-0.2, -0.15) is 5.01 Å². The van der Waals surface area contributed by atoms with E-state index in [0.717, 1.165) is 28.8 Å². The van der Waals surface area contributed by atoms with Crippen LogP contribution in [0.5, 0.6) is 0 Å². The largest absolute Gasteiger partial charge is 0.333 e. The topological polar surface area (TPSA) is 96.5 Å². The van der Waals surface area contributed by atoms with Crippen molar-refractivity contribution < 1.29 is 19.2 Å². The van der Waals surface area contributed by atoms with Crippen molar-refractivity contribution in [3.8, 4) is 0 Å². The van der Waals surface area contributed by atoms with Crippen LogP contribution >= 0.6 is 0 Å². The minimum absolute atomic E-state index is 0.0169. The van der Waals surface area contributed by atoms with E-state index in [0.29, 0.717) is 26.1 Å². The Morgan fingerprint density at radius 2 is 1.62 bits per heavy atom. The Balaban J connectivity index is 1.26. The molecule has 216 valence electrons. The molecule has 3 aliphatic rings. The molecule has 0 unspecified atom stereocenters. The number of piperazine rings is 1. The maximum atomic E-state index is 14.0. The molecule has 3 aromatic carbocycles. The molecule has 3 aromatic rings. The molecular weight excluding hydrogens is 532 g/mol. The van der Waals surface area contributed by atoms with E-state index in [4.69, 9.17) is 0 Å². The number of rotatable bonds is 7. The second-order valence-corrected chi connectivity index (χ2v) is 10.9. The summed E-state index contributed by atoms with van der Waals surface area (Å²) in [5.74, 6) is -0.278. The van der Waals surface area contributed by atoms with Crippen LogP contribution in [-0.4, -0.2) is 76.4 Å². The van der Waals surface area contributed by atoms with E-state index in [1.165, 1.54) is 5.01 Å². The van der Waals surface area contributed by atoms with Gasteiger partial charge in [0.15, 0.2) is 0 Å². The van der Waals surface area contributed by atoms with Gasteiger partial charge in [0, 0.05) is 38.8 Å². The summed E-state index contributed by atoms with van der Waals surface area (Å²) in [5, 5.41) is 6.11. The zero-order chi connectivity index (χ0) is 29.2. The summed E-state index contributed by atoms with van der Waals surface area (Å²) in [4.78, 5) is 58.2. The number of hydrogen-bond acceptors (Lipinski definition) is 5. The fourth-order valence-electron chi connectivity index (χ4n) is 6.07. The van der Waals surface area contributed by atoms with Gasteiger partial charge in [-0.1, -0.05) is 72.8 Å². The molecule has 10 nitrogen and oxygen atoms in total. The van der Waals surface area contributed by atoms with E-state index in [-0.39, 0.29) is 36.8 Å². The van der Waals surface area contributed by atoms with Gasteiger partial charge in [-0.25, -0.2) is 4.79 Å². The molecule has 0 spiro atoms. The number of nitrogens with one attached hydrogen (secondary N) is 1. The van der Waals surface area contributed by atoms with Gasteiger partial charge in [0.1, 0.15) is 12.2 Å². The molecule has 3 fully saturated rings.